The van der Waals surface area contributed by atoms with Crippen LogP contribution in [-0.4, -0.2) is 35.4 Å². The molecule has 0 spiro atoms. The molecule has 140 valence electrons. The molecule has 1 atom stereocenters. The van der Waals surface area contributed by atoms with Crippen LogP contribution >= 0.6 is 0 Å². The van der Waals surface area contributed by atoms with Crippen LogP contribution in [0.5, 0.6) is 0 Å². The highest BCUT2D eigenvalue weighted by atomic mass is 19.1. The van der Waals surface area contributed by atoms with Crippen molar-refractivity contribution in [2.45, 2.75) is 25.2 Å². The number of nitrogens with zero attached hydrogens (tertiary/aromatic N) is 2. The van der Waals surface area contributed by atoms with Gasteiger partial charge in [-0.1, -0.05) is 18.2 Å². The Hall–Kier alpha value is -2.73. The second kappa shape index (κ2) is 7.88. The number of aromatic nitrogens is 1. The highest BCUT2D eigenvalue weighted by molar-refractivity contribution is 5.90. The lowest BCUT2D eigenvalue weighted by molar-refractivity contribution is -0.116. The largest absolute Gasteiger partial charge is 0.440 e. The molecule has 27 heavy (non-hydrogen) atoms. The Labute approximate surface area is 157 Å². The number of carbonyl (C=O) groups excluding carboxylic acids is 1. The van der Waals surface area contributed by atoms with Crippen molar-refractivity contribution in [3.8, 4) is 0 Å². The molecule has 1 fully saturated rings. The van der Waals surface area contributed by atoms with Crippen LogP contribution in [0.3, 0.4) is 0 Å². The van der Waals surface area contributed by atoms with Gasteiger partial charge in [-0.25, -0.2) is 9.37 Å². The van der Waals surface area contributed by atoms with Crippen molar-refractivity contribution in [2.24, 2.45) is 0 Å². The fourth-order valence-electron chi connectivity index (χ4n) is 3.57. The van der Waals surface area contributed by atoms with E-state index < -0.39 is 0 Å². The number of oxazole rings is 1. The normalized spacial score (nSPS) is 17.9. The van der Waals surface area contributed by atoms with E-state index in [9.17, 15) is 9.18 Å². The molecule has 1 amide bonds. The van der Waals surface area contributed by atoms with Gasteiger partial charge in [-0.2, -0.15) is 0 Å². The predicted octanol–water partition coefficient (Wildman–Crippen LogP) is 4.18. The van der Waals surface area contributed by atoms with Crippen molar-refractivity contribution in [3.63, 3.8) is 0 Å². The summed E-state index contributed by atoms with van der Waals surface area (Å²) in [7, 11) is 0. The Balaban J connectivity index is 1.32. The van der Waals surface area contributed by atoms with Gasteiger partial charge in [-0.05, 0) is 49.7 Å². The number of halogens is 1. The minimum absolute atomic E-state index is 0.107. The average molecular weight is 367 g/mol. The molecule has 0 saturated carbocycles. The Morgan fingerprint density at radius 1 is 1.26 bits per heavy atom. The number of likely N-dealkylation sites (tertiary alicyclic amines) is 1. The summed E-state index contributed by atoms with van der Waals surface area (Å²) in [5.74, 6) is 0.567. The van der Waals surface area contributed by atoms with Gasteiger partial charge in [0.05, 0.1) is 0 Å². The van der Waals surface area contributed by atoms with Gasteiger partial charge >= 0.3 is 0 Å². The number of amides is 1. The van der Waals surface area contributed by atoms with Crippen molar-refractivity contribution in [3.05, 3.63) is 60.2 Å². The fraction of sp³-hybridized carbons (Fsp3) is 0.333. The van der Waals surface area contributed by atoms with Crippen molar-refractivity contribution >= 4 is 22.7 Å². The summed E-state index contributed by atoms with van der Waals surface area (Å²) < 4.78 is 19.1. The Morgan fingerprint density at radius 2 is 2.15 bits per heavy atom. The minimum atomic E-state index is -0.356. The van der Waals surface area contributed by atoms with Gasteiger partial charge in [0.2, 0.25) is 5.91 Å². The quantitative estimate of drug-likeness (QED) is 0.735. The third-order valence-electron chi connectivity index (χ3n) is 4.93. The molecule has 1 aliphatic heterocycles. The number of hydrogen-bond acceptors (Lipinski definition) is 4. The van der Waals surface area contributed by atoms with E-state index in [1.807, 2.05) is 24.3 Å². The molecule has 5 nitrogen and oxygen atoms in total. The van der Waals surface area contributed by atoms with E-state index in [0.29, 0.717) is 18.7 Å². The van der Waals surface area contributed by atoms with Crippen LogP contribution in [0.15, 0.2) is 52.9 Å². The maximum Gasteiger partial charge on any atom is 0.225 e. The van der Waals surface area contributed by atoms with E-state index >= 15 is 0 Å². The molecule has 0 unspecified atom stereocenters. The smallest absolute Gasteiger partial charge is 0.225 e. The number of rotatable bonds is 5. The third-order valence-corrected chi connectivity index (χ3v) is 4.93. The molecule has 1 saturated heterocycles. The van der Waals surface area contributed by atoms with Crippen LogP contribution in [0.2, 0.25) is 0 Å². The lowest BCUT2D eigenvalue weighted by Crippen LogP contribution is -2.36. The molecular formula is C21H22FN3O2. The molecule has 0 bridgehead atoms. The van der Waals surface area contributed by atoms with Crippen molar-refractivity contribution in [1.29, 1.82) is 0 Å². The minimum Gasteiger partial charge on any atom is -0.440 e. The lowest BCUT2D eigenvalue weighted by Gasteiger charge is -2.30. The van der Waals surface area contributed by atoms with Crippen molar-refractivity contribution in [2.75, 3.05) is 25.0 Å². The van der Waals surface area contributed by atoms with Gasteiger partial charge in [-0.3, -0.25) is 4.79 Å². The molecule has 2 aromatic carbocycles. The Bertz CT molecular complexity index is 907. The van der Waals surface area contributed by atoms with E-state index in [4.69, 9.17) is 4.42 Å². The van der Waals surface area contributed by atoms with Crippen LogP contribution in [0, 0.1) is 5.82 Å². The molecule has 2 heterocycles. The van der Waals surface area contributed by atoms with Gasteiger partial charge in [-0.15, -0.1) is 0 Å². The van der Waals surface area contributed by atoms with E-state index in [1.54, 1.807) is 12.1 Å². The van der Waals surface area contributed by atoms with Crippen LogP contribution in [0.25, 0.3) is 11.1 Å². The number of carbonyl (C=O) groups is 1. The average Bonchev–Trinajstić information content (AvgIpc) is 3.11. The first-order valence-electron chi connectivity index (χ1n) is 9.30. The van der Waals surface area contributed by atoms with E-state index in [0.717, 1.165) is 42.9 Å². The first-order valence-corrected chi connectivity index (χ1v) is 9.30. The van der Waals surface area contributed by atoms with Gasteiger partial charge < -0.3 is 14.6 Å². The molecule has 3 aromatic rings. The van der Waals surface area contributed by atoms with Gasteiger partial charge in [0, 0.05) is 31.1 Å². The first kappa shape index (κ1) is 17.7. The standard InChI is InChI=1S/C21H22FN3O2/c22-16-6-3-7-17(13-16)23-20(26)10-12-25-11-4-5-15(14-25)21-24-18-8-1-2-9-19(18)27-21/h1-3,6-9,13,15H,4-5,10-12,14H2,(H,23,26)/t15-/m1/s1. The van der Waals surface area contributed by atoms with Gasteiger partial charge in [0.15, 0.2) is 11.5 Å². The van der Waals surface area contributed by atoms with Crippen LogP contribution in [0.4, 0.5) is 10.1 Å². The van der Waals surface area contributed by atoms with Gasteiger partial charge in [0.1, 0.15) is 11.3 Å². The number of anilines is 1. The highest BCUT2D eigenvalue weighted by Gasteiger charge is 2.25. The SMILES string of the molecule is O=C(CCN1CCC[C@@H](c2nc3ccccc3o2)C1)Nc1cccc(F)c1. The maximum atomic E-state index is 13.2. The number of benzene rings is 2. The summed E-state index contributed by atoms with van der Waals surface area (Å²) in [6.45, 7) is 2.46. The zero-order valence-corrected chi connectivity index (χ0v) is 15.0. The van der Waals surface area contributed by atoms with Crippen molar-refractivity contribution < 1.29 is 13.6 Å². The van der Waals surface area contributed by atoms with Crippen LogP contribution < -0.4 is 5.32 Å². The summed E-state index contributed by atoms with van der Waals surface area (Å²) >= 11 is 0. The molecular weight excluding hydrogens is 345 g/mol. The van der Waals surface area contributed by atoms with Crippen molar-refractivity contribution in [1.82, 2.24) is 9.88 Å². The molecule has 0 aliphatic carbocycles. The topological polar surface area (TPSA) is 58.4 Å². The second-order valence-electron chi connectivity index (χ2n) is 6.97. The summed E-state index contributed by atoms with van der Waals surface area (Å²) in [6, 6.07) is 13.7. The zero-order chi connectivity index (χ0) is 18.6. The van der Waals surface area contributed by atoms with E-state index in [1.165, 1.54) is 12.1 Å². The molecule has 1 aromatic heterocycles. The number of hydrogen-bond donors (Lipinski definition) is 1. The van der Waals surface area contributed by atoms with Gasteiger partial charge in [0.25, 0.3) is 0 Å². The summed E-state index contributed by atoms with van der Waals surface area (Å²) in [5.41, 5.74) is 2.20. The second-order valence-corrected chi connectivity index (χ2v) is 6.97. The van der Waals surface area contributed by atoms with E-state index in [2.05, 4.69) is 15.2 Å². The number of para-hydroxylation sites is 2. The maximum absolute atomic E-state index is 13.2. The summed E-state index contributed by atoms with van der Waals surface area (Å²) in [6.07, 6.45) is 2.46. The monoisotopic (exact) mass is 367 g/mol. The first-order chi connectivity index (χ1) is 13.2. The highest BCUT2D eigenvalue weighted by Crippen LogP contribution is 2.29. The molecule has 1 aliphatic rings. The van der Waals surface area contributed by atoms with E-state index in [-0.39, 0.29) is 17.6 Å². The fourth-order valence-corrected chi connectivity index (χ4v) is 3.57. The molecule has 0 radical (unpaired) electrons. The lowest BCUT2D eigenvalue weighted by atomic mass is 9.98. The van der Waals surface area contributed by atoms with Crippen LogP contribution in [-0.2, 0) is 4.79 Å². The molecule has 6 heteroatoms. The Kier molecular flexibility index (Phi) is 5.16. The molecule has 1 N–H and O–H groups in total. The summed E-state index contributed by atoms with van der Waals surface area (Å²) in [4.78, 5) is 19.0. The zero-order valence-electron chi connectivity index (χ0n) is 15.0. The third kappa shape index (κ3) is 4.34. The molecule has 4 rings (SSSR count). The summed E-state index contributed by atoms with van der Waals surface area (Å²) in [5, 5.41) is 2.75. The number of fused-ring (bicyclic) bond motifs is 1. The Morgan fingerprint density at radius 3 is 3.00 bits per heavy atom. The number of nitrogens with one attached hydrogen (secondary N) is 1. The number of piperidine rings is 1. The van der Waals surface area contributed by atoms with Crippen LogP contribution in [0.1, 0.15) is 31.1 Å². The predicted molar refractivity (Wildman–Crippen MR) is 102 cm³/mol.